The average molecular weight is 310 g/mol. The molecular weight excluding hydrogens is 290 g/mol. The van der Waals surface area contributed by atoms with Gasteiger partial charge in [-0.2, -0.15) is 5.26 Å². The molecule has 2 nitrogen and oxygen atoms in total. The summed E-state index contributed by atoms with van der Waals surface area (Å²) in [5.41, 5.74) is -0.497. The molecule has 1 aliphatic rings. The van der Waals surface area contributed by atoms with Gasteiger partial charge in [-0.3, -0.25) is 5.32 Å². The molecule has 0 heterocycles. The summed E-state index contributed by atoms with van der Waals surface area (Å²) in [6.45, 7) is 4.07. The van der Waals surface area contributed by atoms with Crippen molar-refractivity contribution in [1.82, 2.24) is 5.32 Å². The number of rotatable bonds is 4. The van der Waals surface area contributed by atoms with Gasteiger partial charge in [0.1, 0.15) is 5.54 Å². The molecule has 0 aromatic heterocycles. The number of benzene rings is 1. The Morgan fingerprint density at radius 3 is 2.76 bits per heavy atom. The average Bonchev–Trinajstić information content (AvgIpc) is 2.42. The number of nitrogens with zero attached hydrogens (tertiary/aromatic N) is 1. The summed E-state index contributed by atoms with van der Waals surface area (Å²) in [6.07, 6.45) is 3.53. The van der Waals surface area contributed by atoms with Crippen molar-refractivity contribution >= 4 is 11.8 Å². The van der Waals surface area contributed by atoms with Gasteiger partial charge in [0.05, 0.1) is 6.07 Å². The fraction of sp³-hybridized carbons (Fsp3) is 0.562. The van der Waals surface area contributed by atoms with E-state index in [0.29, 0.717) is 0 Å². The molecule has 1 N–H and O–H groups in total. The standard InChI is InChI=1S/C16H20F2N2S/c1-11(2)20-16(10-19)7-3-4-13(9-16)21-12-5-6-14(17)15(18)8-12/h5-6,8,11,13,20H,3-4,7,9H2,1-2H3. The van der Waals surface area contributed by atoms with Crippen molar-refractivity contribution in [3.63, 3.8) is 0 Å². The minimum atomic E-state index is -0.823. The number of nitrogens with one attached hydrogen (secondary N) is 1. The Balaban J connectivity index is 2.07. The minimum Gasteiger partial charge on any atom is -0.297 e. The van der Waals surface area contributed by atoms with E-state index in [0.717, 1.165) is 36.6 Å². The molecule has 2 unspecified atom stereocenters. The molecule has 21 heavy (non-hydrogen) atoms. The van der Waals surface area contributed by atoms with Crippen LogP contribution in [0.25, 0.3) is 0 Å². The van der Waals surface area contributed by atoms with Gasteiger partial charge in [-0.15, -0.1) is 11.8 Å². The zero-order valence-corrected chi connectivity index (χ0v) is 13.1. The van der Waals surface area contributed by atoms with Crippen LogP contribution in [0.15, 0.2) is 23.1 Å². The molecule has 0 bridgehead atoms. The van der Waals surface area contributed by atoms with Crippen LogP contribution in [-0.4, -0.2) is 16.8 Å². The topological polar surface area (TPSA) is 35.8 Å². The summed E-state index contributed by atoms with van der Waals surface area (Å²) in [5.74, 6) is -1.64. The van der Waals surface area contributed by atoms with Gasteiger partial charge in [-0.05, 0) is 57.7 Å². The highest BCUT2D eigenvalue weighted by Gasteiger charge is 2.37. The molecule has 114 valence electrons. The Morgan fingerprint density at radius 2 is 2.14 bits per heavy atom. The Morgan fingerprint density at radius 1 is 1.38 bits per heavy atom. The van der Waals surface area contributed by atoms with Crippen molar-refractivity contribution in [3.8, 4) is 6.07 Å². The van der Waals surface area contributed by atoms with E-state index in [1.54, 1.807) is 6.07 Å². The molecule has 1 saturated carbocycles. The third-order valence-electron chi connectivity index (χ3n) is 3.68. The van der Waals surface area contributed by atoms with Gasteiger partial charge in [0.25, 0.3) is 0 Å². The van der Waals surface area contributed by atoms with E-state index < -0.39 is 17.2 Å². The van der Waals surface area contributed by atoms with E-state index in [9.17, 15) is 14.0 Å². The third-order valence-corrected chi connectivity index (χ3v) is 4.94. The van der Waals surface area contributed by atoms with Crippen LogP contribution in [0.3, 0.4) is 0 Å². The molecule has 1 aliphatic carbocycles. The first-order valence-corrected chi connectivity index (χ1v) is 8.13. The van der Waals surface area contributed by atoms with E-state index in [4.69, 9.17) is 0 Å². The van der Waals surface area contributed by atoms with E-state index in [1.807, 2.05) is 13.8 Å². The molecule has 0 spiro atoms. The first-order chi connectivity index (χ1) is 9.94. The van der Waals surface area contributed by atoms with Crippen LogP contribution in [0.2, 0.25) is 0 Å². The maximum Gasteiger partial charge on any atom is 0.159 e. The third kappa shape index (κ3) is 4.18. The Kier molecular flexibility index (Phi) is 5.23. The first-order valence-electron chi connectivity index (χ1n) is 7.25. The predicted molar refractivity (Wildman–Crippen MR) is 81.1 cm³/mol. The van der Waals surface area contributed by atoms with Crippen LogP contribution < -0.4 is 5.32 Å². The summed E-state index contributed by atoms with van der Waals surface area (Å²) >= 11 is 1.53. The summed E-state index contributed by atoms with van der Waals surface area (Å²) in [5, 5.41) is 13.1. The number of nitriles is 1. The fourth-order valence-electron chi connectivity index (χ4n) is 2.89. The molecule has 0 amide bonds. The van der Waals surface area contributed by atoms with Crippen molar-refractivity contribution in [2.45, 2.75) is 61.3 Å². The lowest BCUT2D eigenvalue weighted by Gasteiger charge is -2.37. The smallest absolute Gasteiger partial charge is 0.159 e. The van der Waals surface area contributed by atoms with Crippen molar-refractivity contribution in [2.24, 2.45) is 0 Å². The predicted octanol–water partition coefficient (Wildman–Crippen LogP) is 4.26. The lowest BCUT2D eigenvalue weighted by Crippen LogP contribution is -2.51. The van der Waals surface area contributed by atoms with Crippen LogP contribution in [0.4, 0.5) is 8.78 Å². The van der Waals surface area contributed by atoms with Crippen LogP contribution >= 0.6 is 11.8 Å². The normalized spacial score (nSPS) is 25.8. The van der Waals surface area contributed by atoms with E-state index >= 15 is 0 Å². The van der Waals surface area contributed by atoms with Gasteiger partial charge < -0.3 is 0 Å². The molecule has 2 rings (SSSR count). The van der Waals surface area contributed by atoms with Crippen LogP contribution in [0.1, 0.15) is 39.5 Å². The summed E-state index contributed by atoms with van der Waals surface area (Å²) in [4.78, 5) is 0.720. The van der Waals surface area contributed by atoms with Gasteiger partial charge in [-0.25, -0.2) is 8.78 Å². The molecule has 0 aliphatic heterocycles. The zero-order chi connectivity index (χ0) is 15.5. The van der Waals surface area contributed by atoms with Gasteiger partial charge in [0.2, 0.25) is 0 Å². The number of hydrogen-bond donors (Lipinski definition) is 1. The SMILES string of the molecule is CC(C)NC1(C#N)CCCC(Sc2ccc(F)c(F)c2)C1. The molecule has 5 heteroatoms. The van der Waals surface area contributed by atoms with E-state index in [-0.39, 0.29) is 11.3 Å². The zero-order valence-electron chi connectivity index (χ0n) is 12.3. The minimum absolute atomic E-state index is 0.245. The number of thioether (sulfide) groups is 1. The van der Waals surface area contributed by atoms with Crippen molar-refractivity contribution < 1.29 is 8.78 Å². The molecule has 1 fully saturated rings. The Hall–Kier alpha value is -1.12. The van der Waals surface area contributed by atoms with Crippen molar-refractivity contribution in [1.29, 1.82) is 5.26 Å². The second-order valence-corrected chi connectivity index (χ2v) is 7.28. The van der Waals surface area contributed by atoms with Crippen molar-refractivity contribution in [3.05, 3.63) is 29.8 Å². The van der Waals surface area contributed by atoms with E-state index in [2.05, 4.69) is 11.4 Å². The molecule has 0 saturated heterocycles. The first kappa shape index (κ1) is 16.3. The van der Waals surface area contributed by atoms with Crippen LogP contribution in [0.5, 0.6) is 0 Å². The molecule has 2 atom stereocenters. The lowest BCUT2D eigenvalue weighted by molar-refractivity contribution is 0.284. The fourth-order valence-corrected chi connectivity index (χ4v) is 4.24. The van der Waals surface area contributed by atoms with Gasteiger partial charge in [0.15, 0.2) is 11.6 Å². The lowest BCUT2D eigenvalue weighted by atomic mass is 9.82. The summed E-state index contributed by atoms with van der Waals surface area (Å²) in [6, 6.07) is 6.66. The maximum atomic E-state index is 13.3. The monoisotopic (exact) mass is 310 g/mol. The Labute approximate surface area is 128 Å². The number of halogens is 2. The summed E-state index contributed by atoms with van der Waals surface area (Å²) < 4.78 is 26.2. The highest BCUT2D eigenvalue weighted by atomic mass is 32.2. The molecule has 1 aromatic carbocycles. The molecule has 1 aromatic rings. The van der Waals surface area contributed by atoms with Crippen molar-refractivity contribution in [2.75, 3.05) is 0 Å². The second-order valence-electron chi connectivity index (χ2n) is 5.91. The summed E-state index contributed by atoms with van der Waals surface area (Å²) in [7, 11) is 0. The van der Waals surface area contributed by atoms with Crippen LogP contribution in [-0.2, 0) is 0 Å². The Bertz CT molecular complexity index is 542. The van der Waals surface area contributed by atoms with Gasteiger partial charge in [-0.1, -0.05) is 0 Å². The molecular formula is C16H20F2N2S. The largest absolute Gasteiger partial charge is 0.297 e. The van der Waals surface area contributed by atoms with Gasteiger partial charge >= 0.3 is 0 Å². The van der Waals surface area contributed by atoms with Gasteiger partial charge in [0, 0.05) is 16.2 Å². The maximum absolute atomic E-state index is 13.3. The van der Waals surface area contributed by atoms with E-state index in [1.165, 1.54) is 17.8 Å². The second kappa shape index (κ2) is 6.76. The molecule has 0 radical (unpaired) electrons. The highest BCUT2D eigenvalue weighted by molar-refractivity contribution is 8.00. The number of hydrogen-bond acceptors (Lipinski definition) is 3. The van der Waals surface area contributed by atoms with Crippen LogP contribution in [0, 0.1) is 23.0 Å². The highest BCUT2D eigenvalue weighted by Crippen LogP contribution is 2.38. The quantitative estimate of drug-likeness (QED) is 0.902.